The number of rotatable bonds is 5. The van der Waals surface area contributed by atoms with Crippen LogP contribution in [0.3, 0.4) is 0 Å². The monoisotopic (exact) mass is 321 g/mol. The third kappa shape index (κ3) is 3.55. The Balaban J connectivity index is 2.18. The number of ether oxygens (including phenoxy) is 2. The summed E-state index contributed by atoms with van der Waals surface area (Å²) >= 11 is 3.49. The first-order valence-corrected chi connectivity index (χ1v) is 6.84. The number of pyridine rings is 1. The molecule has 1 aromatic carbocycles. The summed E-state index contributed by atoms with van der Waals surface area (Å²) < 4.78 is 12.1. The highest BCUT2D eigenvalue weighted by atomic mass is 79.9. The maximum absolute atomic E-state index is 5.85. The Labute approximate surface area is 121 Å². The summed E-state index contributed by atoms with van der Waals surface area (Å²) in [7, 11) is 1.68. The normalized spacial score (nSPS) is 12.2. The molecule has 1 unspecified atom stereocenters. The van der Waals surface area contributed by atoms with E-state index in [2.05, 4.69) is 20.9 Å². The number of hydrogen-bond donors (Lipinski definition) is 0. The first-order valence-electron chi connectivity index (χ1n) is 6.05. The molecule has 0 radical (unpaired) electrons. The van der Waals surface area contributed by atoms with Crippen LogP contribution in [0.1, 0.15) is 24.2 Å². The molecular weight excluding hydrogens is 306 g/mol. The number of benzene rings is 1. The Morgan fingerprint density at radius 3 is 2.63 bits per heavy atom. The molecule has 3 nitrogen and oxygen atoms in total. The summed E-state index contributed by atoms with van der Waals surface area (Å²) in [5, 5.41) is 0. The third-order valence-electron chi connectivity index (χ3n) is 2.90. The van der Waals surface area contributed by atoms with E-state index in [0.29, 0.717) is 6.61 Å². The van der Waals surface area contributed by atoms with E-state index in [1.807, 2.05) is 37.3 Å². The van der Waals surface area contributed by atoms with Crippen LogP contribution in [0.4, 0.5) is 0 Å². The van der Waals surface area contributed by atoms with Crippen molar-refractivity contribution in [2.75, 3.05) is 7.11 Å². The minimum absolute atomic E-state index is 0.0526. The zero-order valence-corrected chi connectivity index (χ0v) is 12.6. The second kappa shape index (κ2) is 6.68. The van der Waals surface area contributed by atoms with E-state index in [-0.39, 0.29) is 6.10 Å². The van der Waals surface area contributed by atoms with E-state index >= 15 is 0 Å². The molecule has 0 bridgehead atoms. The summed E-state index contributed by atoms with van der Waals surface area (Å²) in [6, 6.07) is 10.0. The lowest BCUT2D eigenvalue weighted by atomic mass is 10.1. The summed E-state index contributed by atoms with van der Waals surface area (Å²) in [6.07, 6.45) is 3.42. The second-order valence-electron chi connectivity index (χ2n) is 4.19. The molecule has 0 amide bonds. The average Bonchev–Trinajstić information content (AvgIpc) is 2.45. The van der Waals surface area contributed by atoms with Gasteiger partial charge in [-0.25, -0.2) is 0 Å². The lowest BCUT2D eigenvalue weighted by Gasteiger charge is -2.17. The molecule has 1 atom stereocenters. The Morgan fingerprint density at radius 2 is 1.95 bits per heavy atom. The highest BCUT2D eigenvalue weighted by molar-refractivity contribution is 9.10. The lowest BCUT2D eigenvalue weighted by Crippen LogP contribution is -2.04. The van der Waals surface area contributed by atoms with Crippen molar-refractivity contribution in [1.82, 2.24) is 4.98 Å². The second-order valence-corrected chi connectivity index (χ2v) is 5.04. The predicted octanol–water partition coefficient (Wildman–Crippen LogP) is 4.13. The Morgan fingerprint density at radius 1 is 1.21 bits per heavy atom. The van der Waals surface area contributed by atoms with E-state index in [9.17, 15) is 0 Å². The zero-order chi connectivity index (χ0) is 13.7. The molecule has 4 heteroatoms. The van der Waals surface area contributed by atoms with Crippen LogP contribution >= 0.6 is 15.9 Å². The van der Waals surface area contributed by atoms with Crippen molar-refractivity contribution in [3.63, 3.8) is 0 Å². The molecule has 1 heterocycles. The summed E-state index contributed by atoms with van der Waals surface area (Å²) in [5.41, 5.74) is 2.10. The van der Waals surface area contributed by atoms with Gasteiger partial charge in [0.1, 0.15) is 12.4 Å². The van der Waals surface area contributed by atoms with Gasteiger partial charge < -0.3 is 9.47 Å². The van der Waals surface area contributed by atoms with Crippen LogP contribution in [0.2, 0.25) is 0 Å². The molecule has 19 heavy (non-hydrogen) atoms. The highest BCUT2D eigenvalue weighted by Crippen LogP contribution is 2.33. The number of nitrogens with zero attached hydrogens (tertiary/aromatic N) is 1. The highest BCUT2D eigenvalue weighted by Gasteiger charge is 2.15. The molecule has 0 saturated heterocycles. The van der Waals surface area contributed by atoms with Gasteiger partial charge in [-0.3, -0.25) is 4.98 Å². The van der Waals surface area contributed by atoms with Crippen LogP contribution in [-0.2, 0) is 11.3 Å². The van der Waals surface area contributed by atoms with Gasteiger partial charge in [0.15, 0.2) is 0 Å². The minimum Gasteiger partial charge on any atom is -0.487 e. The number of aromatic nitrogens is 1. The summed E-state index contributed by atoms with van der Waals surface area (Å²) in [6.45, 7) is 2.50. The smallest absolute Gasteiger partial charge is 0.145 e. The number of methoxy groups -OCH3 is 1. The van der Waals surface area contributed by atoms with E-state index in [1.54, 1.807) is 19.5 Å². The number of halogens is 1. The van der Waals surface area contributed by atoms with Crippen LogP contribution in [0.25, 0.3) is 0 Å². The van der Waals surface area contributed by atoms with E-state index < -0.39 is 0 Å². The topological polar surface area (TPSA) is 31.4 Å². The molecule has 0 N–H and O–H groups in total. The Bertz CT molecular complexity index is 531. The first kappa shape index (κ1) is 14.0. The lowest BCUT2D eigenvalue weighted by molar-refractivity contribution is 0.115. The molecule has 1 aromatic heterocycles. The Kier molecular flexibility index (Phi) is 4.93. The predicted molar refractivity (Wildman–Crippen MR) is 78.1 cm³/mol. The molecule has 2 rings (SSSR count). The van der Waals surface area contributed by atoms with Crippen molar-refractivity contribution < 1.29 is 9.47 Å². The molecule has 0 aliphatic rings. The number of hydrogen-bond acceptors (Lipinski definition) is 3. The molecule has 2 aromatic rings. The van der Waals surface area contributed by atoms with Gasteiger partial charge in [-0.15, -0.1) is 0 Å². The zero-order valence-electron chi connectivity index (χ0n) is 11.0. The van der Waals surface area contributed by atoms with Gasteiger partial charge >= 0.3 is 0 Å². The third-order valence-corrected chi connectivity index (χ3v) is 3.53. The van der Waals surface area contributed by atoms with Gasteiger partial charge in [0.05, 0.1) is 12.3 Å². The van der Waals surface area contributed by atoms with Crippen molar-refractivity contribution >= 4 is 15.9 Å². The van der Waals surface area contributed by atoms with E-state index in [1.165, 1.54) is 0 Å². The van der Waals surface area contributed by atoms with Gasteiger partial charge in [0, 0.05) is 23.3 Å². The molecular formula is C15H16BrNO2. The molecule has 0 saturated carbocycles. The molecule has 0 aliphatic heterocycles. The average molecular weight is 322 g/mol. The van der Waals surface area contributed by atoms with Crippen molar-refractivity contribution in [3.05, 3.63) is 58.3 Å². The quantitative estimate of drug-likeness (QED) is 0.829. The largest absolute Gasteiger partial charge is 0.487 e. The summed E-state index contributed by atoms with van der Waals surface area (Å²) in [5.74, 6) is 0.743. The van der Waals surface area contributed by atoms with Gasteiger partial charge in [0.25, 0.3) is 0 Å². The standard InChI is InChI=1S/C15H16BrNO2/c1-11(18-2)15-13(16)8-17-9-14(15)19-10-12-6-4-3-5-7-12/h3-9,11H,10H2,1-2H3. The molecule has 100 valence electrons. The van der Waals surface area contributed by atoms with Crippen LogP contribution < -0.4 is 4.74 Å². The van der Waals surface area contributed by atoms with Gasteiger partial charge in [-0.05, 0) is 28.4 Å². The Hall–Kier alpha value is -1.39. The molecule has 0 spiro atoms. The first-order chi connectivity index (χ1) is 9.22. The van der Waals surface area contributed by atoms with Crippen molar-refractivity contribution in [2.45, 2.75) is 19.6 Å². The minimum atomic E-state index is -0.0526. The maximum atomic E-state index is 5.85. The van der Waals surface area contributed by atoms with Crippen LogP contribution in [0.15, 0.2) is 47.2 Å². The van der Waals surface area contributed by atoms with Crippen LogP contribution in [0.5, 0.6) is 5.75 Å². The van der Waals surface area contributed by atoms with Crippen LogP contribution in [0, 0.1) is 0 Å². The maximum Gasteiger partial charge on any atom is 0.145 e. The van der Waals surface area contributed by atoms with Crippen LogP contribution in [-0.4, -0.2) is 12.1 Å². The van der Waals surface area contributed by atoms with Gasteiger partial charge in [-0.2, -0.15) is 0 Å². The van der Waals surface area contributed by atoms with Crippen molar-refractivity contribution in [2.24, 2.45) is 0 Å². The fourth-order valence-corrected chi connectivity index (χ4v) is 2.43. The SMILES string of the molecule is COC(C)c1c(Br)cncc1OCc1ccccc1. The van der Waals surface area contributed by atoms with Crippen molar-refractivity contribution in [1.29, 1.82) is 0 Å². The fourth-order valence-electron chi connectivity index (χ4n) is 1.79. The van der Waals surface area contributed by atoms with Gasteiger partial charge in [-0.1, -0.05) is 30.3 Å². The van der Waals surface area contributed by atoms with Crippen molar-refractivity contribution in [3.8, 4) is 5.75 Å². The summed E-state index contributed by atoms with van der Waals surface area (Å²) in [4.78, 5) is 4.15. The van der Waals surface area contributed by atoms with E-state index in [4.69, 9.17) is 9.47 Å². The fraction of sp³-hybridized carbons (Fsp3) is 0.267. The molecule has 0 fully saturated rings. The van der Waals surface area contributed by atoms with E-state index in [0.717, 1.165) is 21.3 Å². The van der Waals surface area contributed by atoms with Gasteiger partial charge in [0.2, 0.25) is 0 Å². The molecule has 0 aliphatic carbocycles.